The molecule has 35 heavy (non-hydrogen) atoms. The zero-order chi connectivity index (χ0) is 24.5. The van der Waals surface area contributed by atoms with E-state index in [2.05, 4.69) is 10.3 Å². The molecule has 4 aromatic rings. The van der Waals surface area contributed by atoms with Crippen molar-refractivity contribution in [3.8, 4) is 22.8 Å². The van der Waals surface area contributed by atoms with Crippen molar-refractivity contribution in [2.24, 2.45) is 0 Å². The van der Waals surface area contributed by atoms with E-state index >= 15 is 0 Å². The molecule has 1 saturated heterocycles. The number of anilines is 1. The third-order valence-corrected chi connectivity index (χ3v) is 6.92. The lowest BCUT2D eigenvalue weighted by molar-refractivity contribution is 0.392. The normalized spacial score (nSPS) is 17.4. The Bertz CT molecular complexity index is 1380. The number of ether oxygens (including phenoxy) is 2. The topological polar surface area (TPSA) is 59.8 Å². The number of methoxy groups -OCH3 is 2. The molecule has 3 heterocycles. The molecule has 1 aliphatic heterocycles. The predicted molar refractivity (Wildman–Crippen MR) is 141 cm³/mol. The molecule has 0 saturated carbocycles. The van der Waals surface area contributed by atoms with Gasteiger partial charge in [0.1, 0.15) is 29.1 Å². The highest BCUT2D eigenvalue weighted by Gasteiger charge is 2.43. The van der Waals surface area contributed by atoms with E-state index in [0.717, 1.165) is 34.0 Å². The van der Waals surface area contributed by atoms with Crippen LogP contribution in [0.25, 0.3) is 11.3 Å². The Morgan fingerprint density at radius 1 is 1.03 bits per heavy atom. The van der Waals surface area contributed by atoms with E-state index in [4.69, 9.17) is 37.7 Å². The van der Waals surface area contributed by atoms with Gasteiger partial charge in [0.05, 0.1) is 31.6 Å². The molecule has 0 bridgehead atoms. The molecule has 0 spiro atoms. The zero-order valence-electron chi connectivity index (χ0n) is 19.5. The average Bonchev–Trinajstić information content (AvgIpc) is 3.50. The lowest BCUT2D eigenvalue weighted by Gasteiger charge is -2.27. The molecule has 2 aromatic heterocycles. The number of furan rings is 1. The number of pyridine rings is 1. The van der Waals surface area contributed by atoms with Gasteiger partial charge < -0.3 is 24.1 Å². The number of hydrogen-bond acceptors (Lipinski definition) is 5. The molecule has 178 valence electrons. The lowest BCUT2D eigenvalue weighted by atomic mass is 10.0. The second kappa shape index (κ2) is 9.60. The Labute approximate surface area is 214 Å². The summed E-state index contributed by atoms with van der Waals surface area (Å²) in [5, 5.41) is 4.69. The quantitative estimate of drug-likeness (QED) is 0.300. The Hall–Kier alpha value is -3.55. The van der Waals surface area contributed by atoms with E-state index in [9.17, 15) is 0 Å². The maximum atomic E-state index is 6.47. The van der Waals surface area contributed by atoms with Crippen LogP contribution in [-0.4, -0.2) is 24.3 Å². The van der Waals surface area contributed by atoms with Crippen molar-refractivity contribution in [1.82, 2.24) is 10.3 Å². The molecule has 6 nitrogen and oxygen atoms in total. The molecular formula is C27H24ClN3O3S. The van der Waals surface area contributed by atoms with Gasteiger partial charge in [-0.1, -0.05) is 29.8 Å². The van der Waals surface area contributed by atoms with Gasteiger partial charge in [0.15, 0.2) is 5.11 Å². The first-order valence-corrected chi connectivity index (χ1v) is 11.9. The summed E-state index contributed by atoms with van der Waals surface area (Å²) in [6.07, 6.45) is 1.77. The van der Waals surface area contributed by atoms with Gasteiger partial charge in [-0.2, -0.15) is 0 Å². The molecule has 1 aliphatic rings. The number of nitrogens with zero attached hydrogens (tertiary/aromatic N) is 2. The van der Waals surface area contributed by atoms with E-state index < -0.39 is 0 Å². The number of benzene rings is 2. The molecule has 0 amide bonds. The molecule has 0 radical (unpaired) electrons. The van der Waals surface area contributed by atoms with Gasteiger partial charge in [-0.15, -0.1) is 0 Å². The van der Waals surface area contributed by atoms with E-state index in [-0.39, 0.29) is 12.1 Å². The second-order valence-electron chi connectivity index (χ2n) is 8.15. The molecule has 0 aliphatic carbocycles. The van der Waals surface area contributed by atoms with Crippen LogP contribution < -0.4 is 19.7 Å². The van der Waals surface area contributed by atoms with E-state index in [1.54, 1.807) is 20.4 Å². The molecule has 1 N–H and O–H groups in total. The van der Waals surface area contributed by atoms with Gasteiger partial charge in [0.25, 0.3) is 0 Å². The molecule has 2 atom stereocenters. The zero-order valence-corrected chi connectivity index (χ0v) is 21.1. The molecule has 0 unspecified atom stereocenters. The van der Waals surface area contributed by atoms with Crippen molar-refractivity contribution in [2.75, 3.05) is 19.1 Å². The van der Waals surface area contributed by atoms with Crippen molar-refractivity contribution in [3.05, 3.63) is 95.0 Å². The number of aromatic nitrogens is 1. The first kappa shape index (κ1) is 23.2. The summed E-state index contributed by atoms with van der Waals surface area (Å²) < 4.78 is 17.6. The number of thiocarbonyl (C=S) groups is 1. The number of halogens is 1. The van der Waals surface area contributed by atoms with Crippen LogP contribution in [0.3, 0.4) is 0 Å². The summed E-state index contributed by atoms with van der Waals surface area (Å²) in [4.78, 5) is 6.61. The Kier molecular flexibility index (Phi) is 6.36. The predicted octanol–water partition coefficient (Wildman–Crippen LogP) is 6.50. The van der Waals surface area contributed by atoms with E-state index in [1.165, 1.54) is 0 Å². The van der Waals surface area contributed by atoms with E-state index in [0.29, 0.717) is 21.6 Å². The average molecular weight is 506 g/mol. The van der Waals surface area contributed by atoms with Gasteiger partial charge in [0, 0.05) is 22.8 Å². The van der Waals surface area contributed by atoms with Crippen molar-refractivity contribution in [2.45, 2.75) is 19.0 Å². The van der Waals surface area contributed by atoms with Crippen LogP contribution in [0.15, 0.2) is 77.3 Å². The summed E-state index contributed by atoms with van der Waals surface area (Å²) in [7, 11) is 3.25. The fraction of sp³-hybridized carbons (Fsp3) is 0.185. The third kappa shape index (κ3) is 4.22. The van der Waals surface area contributed by atoms with Crippen molar-refractivity contribution in [3.63, 3.8) is 0 Å². The van der Waals surface area contributed by atoms with Crippen molar-refractivity contribution >= 4 is 34.6 Å². The molecular weight excluding hydrogens is 482 g/mol. The molecule has 1 fully saturated rings. The fourth-order valence-electron chi connectivity index (χ4n) is 4.42. The van der Waals surface area contributed by atoms with Crippen molar-refractivity contribution in [1.29, 1.82) is 0 Å². The highest BCUT2D eigenvalue weighted by Crippen LogP contribution is 2.46. The van der Waals surface area contributed by atoms with Gasteiger partial charge in [-0.3, -0.25) is 4.98 Å². The van der Waals surface area contributed by atoms with Crippen LogP contribution in [0, 0.1) is 6.92 Å². The van der Waals surface area contributed by atoms with Crippen molar-refractivity contribution < 1.29 is 13.9 Å². The first-order valence-electron chi connectivity index (χ1n) is 11.1. The largest absolute Gasteiger partial charge is 0.497 e. The van der Waals surface area contributed by atoms with Crippen LogP contribution in [0.5, 0.6) is 11.5 Å². The number of rotatable bonds is 6. The third-order valence-electron chi connectivity index (χ3n) is 6.20. The monoisotopic (exact) mass is 505 g/mol. The minimum absolute atomic E-state index is 0.241. The van der Waals surface area contributed by atoms with Crippen LogP contribution in [0.4, 0.5) is 5.69 Å². The summed E-state index contributed by atoms with van der Waals surface area (Å²) in [6, 6.07) is 20.7. The minimum atomic E-state index is -0.312. The first-order chi connectivity index (χ1) is 17.0. The SMILES string of the molecule is COc1ccc(N2C(=S)N[C@H](c3ccccn3)[C@@H]2c2ccc(-c3cccc(Cl)c3C)o2)c(OC)c1. The maximum Gasteiger partial charge on any atom is 0.174 e. The molecule has 5 rings (SSSR count). The summed E-state index contributed by atoms with van der Waals surface area (Å²) >= 11 is 12.2. The molecule has 8 heteroatoms. The smallest absolute Gasteiger partial charge is 0.174 e. The van der Waals surface area contributed by atoms with Crippen LogP contribution >= 0.6 is 23.8 Å². The number of nitrogens with one attached hydrogen (secondary N) is 1. The second-order valence-corrected chi connectivity index (χ2v) is 8.94. The van der Waals surface area contributed by atoms with Gasteiger partial charge in [-0.05, 0) is 67.2 Å². The molecule has 2 aromatic carbocycles. The van der Waals surface area contributed by atoms with Crippen LogP contribution in [0.1, 0.15) is 29.1 Å². The van der Waals surface area contributed by atoms with Gasteiger partial charge >= 0.3 is 0 Å². The van der Waals surface area contributed by atoms with Crippen LogP contribution in [0.2, 0.25) is 5.02 Å². The Morgan fingerprint density at radius 2 is 1.89 bits per heavy atom. The standard InChI is InChI=1S/C27H24ClN3O3S/c1-16-18(7-6-8-19(16)28)22-12-13-23(34-22)26-25(20-9-4-5-14-29-20)30-27(35)31(26)21-11-10-17(32-2)15-24(21)33-3/h4-15,25-26H,1-3H3,(H,30,35)/t25-,26+/m1/s1. The summed E-state index contributed by atoms with van der Waals surface area (Å²) in [5.74, 6) is 2.80. The highest BCUT2D eigenvalue weighted by molar-refractivity contribution is 7.80. The fourth-order valence-corrected chi connectivity index (χ4v) is 4.93. The summed E-state index contributed by atoms with van der Waals surface area (Å²) in [6.45, 7) is 1.98. The maximum absolute atomic E-state index is 6.47. The summed E-state index contributed by atoms with van der Waals surface area (Å²) in [5.41, 5.74) is 3.56. The van der Waals surface area contributed by atoms with Crippen LogP contribution in [-0.2, 0) is 0 Å². The van der Waals surface area contributed by atoms with E-state index in [1.807, 2.05) is 78.6 Å². The Morgan fingerprint density at radius 3 is 2.63 bits per heavy atom. The van der Waals surface area contributed by atoms with Gasteiger partial charge in [0.2, 0.25) is 0 Å². The minimum Gasteiger partial charge on any atom is -0.497 e. The van der Waals surface area contributed by atoms with Gasteiger partial charge in [-0.25, -0.2) is 0 Å². The highest BCUT2D eigenvalue weighted by atomic mass is 35.5. The number of hydrogen-bond donors (Lipinski definition) is 1. The lowest BCUT2D eigenvalue weighted by Crippen LogP contribution is -2.29. The Balaban J connectivity index is 1.64.